The Hall–Kier alpha value is -3.11. The van der Waals surface area contributed by atoms with Crippen molar-refractivity contribution in [3.05, 3.63) is 53.6 Å². The number of carbonyl (C=O) groups excluding carboxylic acids is 1. The molecular weight excluding hydrogens is 432 g/mol. The smallest absolute Gasteiger partial charge is 0.337 e. The number of carbonyl (C=O) groups is 2. The van der Waals surface area contributed by atoms with Crippen LogP contribution >= 0.6 is 0 Å². The number of carboxylic acids is 1. The summed E-state index contributed by atoms with van der Waals surface area (Å²) in [6.45, 7) is 6.04. The molecule has 3 N–H and O–H groups in total. The number of sulfonamides is 1. The maximum Gasteiger partial charge on any atom is 0.337 e. The zero-order valence-corrected chi connectivity index (χ0v) is 19.0. The van der Waals surface area contributed by atoms with Crippen LogP contribution in [0.15, 0.2) is 42.5 Å². The number of benzene rings is 2. The minimum absolute atomic E-state index is 0.0342. The normalized spacial score (nSPS) is 14.8. The highest BCUT2D eigenvalue weighted by molar-refractivity contribution is 7.92. The van der Waals surface area contributed by atoms with Crippen molar-refractivity contribution in [3.8, 4) is 0 Å². The van der Waals surface area contributed by atoms with Crippen LogP contribution in [0.5, 0.6) is 0 Å². The number of hydrogen-bond acceptors (Lipinski definition) is 6. The van der Waals surface area contributed by atoms with Gasteiger partial charge in [-0.15, -0.1) is 0 Å². The van der Waals surface area contributed by atoms with E-state index in [9.17, 15) is 23.1 Å². The molecule has 3 rings (SSSR count). The molecule has 1 aliphatic heterocycles. The van der Waals surface area contributed by atoms with Crippen molar-refractivity contribution < 1.29 is 23.1 Å². The average molecular weight is 461 g/mol. The highest BCUT2D eigenvalue weighted by Gasteiger charge is 2.23. The van der Waals surface area contributed by atoms with Crippen LogP contribution in [0.4, 0.5) is 17.1 Å². The Labute approximate surface area is 188 Å². The Morgan fingerprint density at radius 3 is 2.38 bits per heavy atom. The second-order valence-corrected chi connectivity index (χ2v) is 9.73. The third kappa shape index (κ3) is 6.21. The number of nitrogens with zero attached hydrogens (tertiary/aromatic N) is 2. The zero-order chi connectivity index (χ0) is 23.3. The minimum Gasteiger partial charge on any atom is -0.478 e. The molecule has 0 unspecified atom stereocenters. The molecule has 1 fully saturated rings. The molecule has 1 saturated heterocycles. The van der Waals surface area contributed by atoms with E-state index in [1.165, 1.54) is 13.0 Å². The Morgan fingerprint density at radius 2 is 1.75 bits per heavy atom. The molecule has 9 nitrogen and oxygen atoms in total. The molecule has 0 bridgehead atoms. The fourth-order valence-electron chi connectivity index (χ4n) is 3.57. The maximum absolute atomic E-state index is 12.4. The van der Waals surface area contributed by atoms with Crippen LogP contribution in [0.3, 0.4) is 0 Å². The number of carboxylic acid groups (broad SMARTS) is 1. The first-order valence-electron chi connectivity index (χ1n) is 10.4. The van der Waals surface area contributed by atoms with E-state index in [4.69, 9.17) is 0 Å². The molecule has 172 valence electrons. The van der Waals surface area contributed by atoms with Crippen molar-refractivity contribution in [1.82, 2.24) is 4.90 Å². The predicted octanol–water partition coefficient (Wildman–Crippen LogP) is 2.22. The van der Waals surface area contributed by atoms with Crippen LogP contribution in [0.2, 0.25) is 0 Å². The third-order valence-corrected chi connectivity index (χ3v) is 6.57. The van der Waals surface area contributed by atoms with Crippen LogP contribution in [-0.4, -0.2) is 68.8 Å². The molecular formula is C22H28N4O5S. The lowest BCUT2D eigenvalue weighted by Gasteiger charge is -2.36. The molecule has 1 heterocycles. The summed E-state index contributed by atoms with van der Waals surface area (Å²) < 4.78 is 26.0. The van der Waals surface area contributed by atoms with Gasteiger partial charge in [-0.2, -0.15) is 0 Å². The van der Waals surface area contributed by atoms with E-state index in [1.54, 1.807) is 12.1 Å². The van der Waals surface area contributed by atoms with E-state index in [0.717, 1.165) is 11.3 Å². The molecule has 0 aromatic heterocycles. The fourth-order valence-corrected chi connectivity index (χ4v) is 4.20. The number of piperazine rings is 1. The van der Waals surface area contributed by atoms with Crippen LogP contribution < -0.4 is 14.9 Å². The lowest BCUT2D eigenvalue weighted by molar-refractivity contribution is -0.117. The van der Waals surface area contributed by atoms with E-state index < -0.39 is 16.0 Å². The van der Waals surface area contributed by atoms with Crippen LogP contribution in [0.1, 0.15) is 22.8 Å². The second kappa shape index (κ2) is 10.0. The first-order chi connectivity index (χ1) is 15.2. The predicted molar refractivity (Wildman–Crippen MR) is 125 cm³/mol. The Bertz CT molecular complexity index is 1100. The molecule has 0 aliphatic carbocycles. The molecule has 0 saturated carbocycles. The highest BCUT2D eigenvalue weighted by atomic mass is 32.2. The van der Waals surface area contributed by atoms with Crippen molar-refractivity contribution in [2.45, 2.75) is 13.8 Å². The van der Waals surface area contributed by atoms with Gasteiger partial charge in [-0.3, -0.25) is 14.4 Å². The summed E-state index contributed by atoms with van der Waals surface area (Å²) in [6, 6.07) is 12.1. The molecule has 10 heteroatoms. The quantitative estimate of drug-likeness (QED) is 0.553. The second-order valence-electron chi connectivity index (χ2n) is 7.72. The monoisotopic (exact) mass is 460 g/mol. The molecule has 32 heavy (non-hydrogen) atoms. The number of amides is 1. The van der Waals surface area contributed by atoms with Gasteiger partial charge in [-0.1, -0.05) is 12.1 Å². The van der Waals surface area contributed by atoms with Crippen molar-refractivity contribution >= 4 is 39.0 Å². The molecule has 2 aromatic rings. The summed E-state index contributed by atoms with van der Waals surface area (Å²) in [4.78, 5) is 28.1. The van der Waals surface area contributed by atoms with Gasteiger partial charge in [0.1, 0.15) is 0 Å². The SMILES string of the molecule is CCS(=O)(=O)Nc1ccc(N2CCN(CC(=O)Nc3cccc(C)c3)CC2)c(C(=O)O)c1. The largest absolute Gasteiger partial charge is 0.478 e. The van der Waals surface area contributed by atoms with Gasteiger partial charge in [0.2, 0.25) is 15.9 Å². The number of aromatic carboxylic acids is 1. The van der Waals surface area contributed by atoms with Gasteiger partial charge < -0.3 is 15.3 Å². The van der Waals surface area contributed by atoms with Gasteiger partial charge in [0.25, 0.3) is 0 Å². The van der Waals surface area contributed by atoms with E-state index in [0.29, 0.717) is 31.9 Å². The van der Waals surface area contributed by atoms with E-state index in [1.807, 2.05) is 41.0 Å². The highest BCUT2D eigenvalue weighted by Crippen LogP contribution is 2.26. The Kier molecular flexibility index (Phi) is 7.37. The fraction of sp³-hybridized carbons (Fsp3) is 0.364. The molecule has 2 aromatic carbocycles. The van der Waals surface area contributed by atoms with E-state index in [2.05, 4.69) is 10.0 Å². The molecule has 0 radical (unpaired) electrons. The third-order valence-electron chi connectivity index (χ3n) is 5.26. The Morgan fingerprint density at radius 1 is 1.03 bits per heavy atom. The summed E-state index contributed by atoms with van der Waals surface area (Å²) in [7, 11) is -3.50. The van der Waals surface area contributed by atoms with Gasteiger partial charge in [0.05, 0.1) is 23.5 Å². The first kappa shape index (κ1) is 23.6. The zero-order valence-electron chi connectivity index (χ0n) is 18.2. The molecule has 0 spiro atoms. The van der Waals surface area contributed by atoms with Gasteiger partial charge in [-0.05, 0) is 49.7 Å². The first-order valence-corrected chi connectivity index (χ1v) is 12.0. The summed E-state index contributed by atoms with van der Waals surface area (Å²) in [5.41, 5.74) is 2.62. The number of rotatable bonds is 8. The molecule has 0 atom stereocenters. The Balaban J connectivity index is 1.61. The van der Waals surface area contributed by atoms with Crippen molar-refractivity contribution in [2.75, 3.05) is 53.4 Å². The summed E-state index contributed by atoms with van der Waals surface area (Å²) in [5, 5.41) is 12.5. The number of nitrogens with one attached hydrogen (secondary N) is 2. The standard InChI is InChI=1S/C22H28N4O5S/c1-3-32(30,31)24-18-7-8-20(19(14-18)22(28)29)26-11-9-25(10-12-26)15-21(27)23-17-6-4-5-16(2)13-17/h4-8,13-14,24H,3,9-12,15H2,1-2H3,(H,23,27)(H,28,29). The van der Waals surface area contributed by atoms with Crippen molar-refractivity contribution in [3.63, 3.8) is 0 Å². The number of anilines is 3. The summed E-state index contributed by atoms with van der Waals surface area (Å²) in [6.07, 6.45) is 0. The molecule has 1 aliphatic rings. The number of hydrogen-bond donors (Lipinski definition) is 3. The molecule has 1 amide bonds. The lowest BCUT2D eigenvalue weighted by atomic mass is 10.1. The number of aryl methyl sites for hydroxylation is 1. The van der Waals surface area contributed by atoms with Crippen molar-refractivity contribution in [1.29, 1.82) is 0 Å². The van der Waals surface area contributed by atoms with Gasteiger partial charge >= 0.3 is 5.97 Å². The van der Waals surface area contributed by atoms with Gasteiger partial charge in [-0.25, -0.2) is 13.2 Å². The minimum atomic E-state index is -3.50. The van der Waals surface area contributed by atoms with Crippen LogP contribution in [0.25, 0.3) is 0 Å². The lowest BCUT2D eigenvalue weighted by Crippen LogP contribution is -2.49. The summed E-state index contributed by atoms with van der Waals surface area (Å²) >= 11 is 0. The maximum atomic E-state index is 12.4. The van der Waals surface area contributed by atoms with Gasteiger partial charge in [0, 0.05) is 37.6 Å². The van der Waals surface area contributed by atoms with E-state index >= 15 is 0 Å². The van der Waals surface area contributed by atoms with Crippen LogP contribution in [0, 0.1) is 6.92 Å². The van der Waals surface area contributed by atoms with Crippen LogP contribution in [-0.2, 0) is 14.8 Å². The van der Waals surface area contributed by atoms with Crippen molar-refractivity contribution in [2.24, 2.45) is 0 Å². The van der Waals surface area contributed by atoms with E-state index in [-0.39, 0.29) is 29.5 Å². The summed E-state index contributed by atoms with van der Waals surface area (Å²) in [5.74, 6) is -1.32. The average Bonchev–Trinajstić information content (AvgIpc) is 2.74. The topological polar surface area (TPSA) is 119 Å². The van der Waals surface area contributed by atoms with Gasteiger partial charge in [0.15, 0.2) is 0 Å².